The molecule has 0 aliphatic rings. The summed E-state index contributed by atoms with van der Waals surface area (Å²) in [6, 6.07) is 10.9. The number of carbonyl (C=O) groups is 1. The Morgan fingerprint density at radius 2 is 2.30 bits per heavy atom. The number of aromatic nitrogens is 1. The van der Waals surface area contributed by atoms with Crippen LogP contribution in [0, 0.1) is 0 Å². The number of hydrogen-bond acceptors (Lipinski definition) is 4. The van der Waals surface area contributed by atoms with E-state index in [1.54, 1.807) is 30.6 Å². The van der Waals surface area contributed by atoms with Gasteiger partial charge in [-0.05, 0) is 24.3 Å². The molecule has 2 rings (SSSR count). The molecule has 6 heteroatoms. The third-order valence-corrected chi connectivity index (χ3v) is 2.75. The fourth-order valence-corrected chi connectivity index (χ4v) is 1.75. The molecule has 0 unspecified atom stereocenters. The van der Waals surface area contributed by atoms with E-state index < -0.39 is 0 Å². The summed E-state index contributed by atoms with van der Waals surface area (Å²) in [6.45, 7) is -0.0964. The lowest BCUT2D eigenvalue weighted by atomic mass is 10.3. The van der Waals surface area contributed by atoms with Crippen LogP contribution in [0.2, 0.25) is 0 Å². The molecule has 0 aliphatic carbocycles. The van der Waals surface area contributed by atoms with E-state index in [4.69, 9.17) is 4.74 Å². The van der Waals surface area contributed by atoms with Crippen molar-refractivity contribution in [3.05, 3.63) is 58.8 Å². The van der Waals surface area contributed by atoms with Crippen LogP contribution in [0.1, 0.15) is 5.56 Å². The maximum atomic E-state index is 11.5. The van der Waals surface area contributed by atoms with Crippen LogP contribution in [0.15, 0.2) is 58.4 Å². The predicted octanol–water partition coefficient (Wildman–Crippen LogP) is 2.37. The van der Waals surface area contributed by atoms with Crippen molar-refractivity contribution in [2.75, 3.05) is 6.61 Å². The molecule has 1 aromatic carbocycles. The minimum absolute atomic E-state index is 0.0964. The summed E-state index contributed by atoms with van der Waals surface area (Å²) >= 11 is 3.33. The second kappa shape index (κ2) is 7.40. The van der Waals surface area contributed by atoms with E-state index in [0.29, 0.717) is 5.75 Å². The van der Waals surface area contributed by atoms with Crippen molar-refractivity contribution in [3.63, 3.8) is 0 Å². The fourth-order valence-electron chi connectivity index (χ4n) is 1.37. The second-order valence-corrected chi connectivity index (χ2v) is 4.74. The smallest absolute Gasteiger partial charge is 0.277 e. The van der Waals surface area contributed by atoms with Crippen molar-refractivity contribution in [3.8, 4) is 5.75 Å². The van der Waals surface area contributed by atoms with Gasteiger partial charge in [0.05, 0.1) is 6.21 Å². The summed E-state index contributed by atoms with van der Waals surface area (Å²) in [4.78, 5) is 15.4. The van der Waals surface area contributed by atoms with Crippen molar-refractivity contribution >= 4 is 28.1 Å². The quantitative estimate of drug-likeness (QED) is 0.674. The molecule has 1 heterocycles. The molecule has 20 heavy (non-hydrogen) atoms. The van der Waals surface area contributed by atoms with Crippen molar-refractivity contribution < 1.29 is 9.53 Å². The van der Waals surface area contributed by atoms with Gasteiger partial charge in [0.2, 0.25) is 0 Å². The summed E-state index contributed by atoms with van der Waals surface area (Å²) in [5, 5.41) is 3.82. The Labute approximate surface area is 124 Å². The maximum Gasteiger partial charge on any atom is 0.277 e. The van der Waals surface area contributed by atoms with E-state index in [9.17, 15) is 4.79 Å². The highest BCUT2D eigenvalue weighted by molar-refractivity contribution is 9.10. The molecule has 0 aliphatic heterocycles. The van der Waals surface area contributed by atoms with Gasteiger partial charge in [0, 0.05) is 22.4 Å². The topological polar surface area (TPSA) is 63.6 Å². The van der Waals surface area contributed by atoms with E-state index in [1.807, 2.05) is 18.2 Å². The van der Waals surface area contributed by atoms with Crippen molar-refractivity contribution in [2.24, 2.45) is 5.10 Å². The zero-order chi connectivity index (χ0) is 14.2. The Balaban J connectivity index is 1.77. The molecular weight excluding hydrogens is 322 g/mol. The monoisotopic (exact) mass is 333 g/mol. The number of ether oxygens (including phenoxy) is 1. The van der Waals surface area contributed by atoms with Gasteiger partial charge in [-0.25, -0.2) is 5.43 Å². The number of amides is 1. The first-order chi connectivity index (χ1) is 9.74. The number of pyridine rings is 1. The van der Waals surface area contributed by atoms with Crippen LogP contribution >= 0.6 is 15.9 Å². The van der Waals surface area contributed by atoms with Crippen LogP contribution in [0.4, 0.5) is 0 Å². The molecule has 0 fully saturated rings. The third kappa shape index (κ3) is 4.81. The molecule has 102 valence electrons. The van der Waals surface area contributed by atoms with Gasteiger partial charge in [0.15, 0.2) is 6.61 Å². The number of halogens is 1. The zero-order valence-electron chi connectivity index (χ0n) is 10.5. The largest absolute Gasteiger partial charge is 0.484 e. The van der Waals surface area contributed by atoms with Gasteiger partial charge in [-0.15, -0.1) is 0 Å². The van der Waals surface area contributed by atoms with Gasteiger partial charge in [0.25, 0.3) is 5.91 Å². The minimum Gasteiger partial charge on any atom is -0.484 e. The van der Waals surface area contributed by atoms with Gasteiger partial charge in [-0.2, -0.15) is 5.10 Å². The Morgan fingerprint density at radius 3 is 3.05 bits per heavy atom. The highest BCUT2D eigenvalue weighted by Gasteiger charge is 2.01. The lowest BCUT2D eigenvalue weighted by molar-refractivity contribution is -0.123. The first kappa shape index (κ1) is 14.2. The molecule has 0 spiro atoms. The van der Waals surface area contributed by atoms with Crippen LogP contribution in [0.3, 0.4) is 0 Å². The standard InChI is InChI=1S/C14H12BrN3O2/c15-12-4-1-5-13(7-12)20-10-14(19)18-17-9-11-3-2-6-16-8-11/h1-9H,10H2,(H,18,19)/b17-9+. The zero-order valence-corrected chi connectivity index (χ0v) is 12.1. The molecule has 1 aromatic heterocycles. The van der Waals surface area contributed by atoms with Crippen molar-refractivity contribution in [1.82, 2.24) is 10.4 Å². The van der Waals surface area contributed by atoms with E-state index in [2.05, 4.69) is 31.4 Å². The van der Waals surface area contributed by atoms with Gasteiger partial charge < -0.3 is 4.74 Å². The average molecular weight is 334 g/mol. The summed E-state index contributed by atoms with van der Waals surface area (Å²) < 4.78 is 6.22. The van der Waals surface area contributed by atoms with Crippen LogP contribution in [0.25, 0.3) is 0 Å². The normalized spacial score (nSPS) is 10.4. The molecule has 0 atom stereocenters. The molecule has 0 bridgehead atoms. The lowest BCUT2D eigenvalue weighted by Gasteiger charge is -2.04. The van der Waals surface area contributed by atoms with Gasteiger partial charge in [-0.1, -0.05) is 28.1 Å². The Bertz CT molecular complexity index is 602. The van der Waals surface area contributed by atoms with Crippen LogP contribution in [-0.4, -0.2) is 23.7 Å². The number of nitrogens with zero attached hydrogens (tertiary/aromatic N) is 2. The average Bonchev–Trinajstić information content (AvgIpc) is 2.46. The third-order valence-electron chi connectivity index (χ3n) is 2.25. The predicted molar refractivity (Wildman–Crippen MR) is 79.6 cm³/mol. The van der Waals surface area contributed by atoms with Crippen molar-refractivity contribution in [2.45, 2.75) is 0 Å². The molecule has 0 radical (unpaired) electrons. The molecule has 1 N–H and O–H groups in total. The number of nitrogens with one attached hydrogen (secondary N) is 1. The SMILES string of the molecule is O=C(COc1cccc(Br)c1)N/N=C/c1cccnc1. The number of hydrazone groups is 1. The first-order valence-corrected chi connectivity index (χ1v) is 6.63. The van der Waals surface area contributed by atoms with Gasteiger partial charge >= 0.3 is 0 Å². The number of carbonyl (C=O) groups excluding carboxylic acids is 1. The molecule has 5 nitrogen and oxygen atoms in total. The minimum atomic E-state index is -0.329. The summed E-state index contributed by atoms with van der Waals surface area (Å²) in [5.41, 5.74) is 3.19. The summed E-state index contributed by atoms with van der Waals surface area (Å²) in [7, 11) is 0. The van der Waals surface area contributed by atoms with Crippen LogP contribution < -0.4 is 10.2 Å². The van der Waals surface area contributed by atoms with E-state index >= 15 is 0 Å². The van der Waals surface area contributed by atoms with Crippen LogP contribution in [-0.2, 0) is 4.79 Å². The highest BCUT2D eigenvalue weighted by atomic mass is 79.9. The second-order valence-electron chi connectivity index (χ2n) is 3.83. The van der Waals surface area contributed by atoms with Gasteiger partial charge in [0.1, 0.15) is 5.75 Å². The number of benzene rings is 1. The molecule has 1 amide bonds. The van der Waals surface area contributed by atoms with E-state index in [1.165, 1.54) is 6.21 Å². The first-order valence-electron chi connectivity index (χ1n) is 5.84. The molecular formula is C14H12BrN3O2. The van der Waals surface area contributed by atoms with Crippen LogP contribution in [0.5, 0.6) is 5.75 Å². The Morgan fingerprint density at radius 1 is 1.40 bits per heavy atom. The Kier molecular flexibility index (Phi) is 5.25. The molecule has 0 saturated carbocycles. The fraction of sp³-hybridized carbons (Fsp3) is 0.0714. The summed E-state index contributed by atoms with van der Waals surface area (Å²) in [6.07, 6.45) is 4.83. The van der Waals surface area contributed by atoms with Crippen molar-refractivity contribution in [1.29, 1.82) is 0 Å². The lowest BCUT2D eigenvalue weighted by Crippen LogP contribution is -2.24. The maximum absolute atomic E-state index is 11.5. The summed E-state index contributed by atoms with van der Waals surface area (Å²) in [5.74, 6) is 0.288. The number of hydrogen-bond donors (Lipinski definition) is 1. The van der Waals surface area contributed by atoms with E-state index in [-0.39, 0.29) is 12.5 Å². The number of rotatable bonds is 5. The molecule has 2 aromatic rings. The van der Waals surface area contributed by atoms with Gasteiger partial charge in [-0.3, -0.25) is 9.78 Å². The highest BCUT2D eigenvalue weighted by Crippen LogP contribution is 2.17. The van der Waals surface area contributed by atoms with E-state index in [0.717, 1.165) is 10.0 Å². The molecule has 0 saturated heterocycles. The Hall–Kier alpha value is -2.21.